The van der Waals surface area contributed by atoms with E-state index in [1.54, 1.807) is 6.20 Å². The highest BCUT2D eigenvalue weighted by molar-refractivity contribution is 5.89. The standard InChI is InChI=1S/C21H24N4O2/c1-15(2)27-20-9-4-6-17(12-20)14-22-21(26)24-18-7-5-8-19(13-18)25-16(3)10-11-23-25/h4-13,15H,14H2,1-3H3,(H2,22,24,26). The Morgan fingerprint density at radius 3 is 2.70 bits per heavy atom. The summed E-state index contributed by atoms with van der Waals surface area (Å²) in [7, 11) is 0. The first-order chi connectivity index (χ1) is 13.0. The predicted octanol–water partition coefficient (Wildman–Crippen LogP) is 4.29. The van der Waals surface area contributed by atoms with Gasteiger partial charge in [-0.1, -0.05) is 18.2 Å². The van der Waals surface area contributed by atoms with E-state index in [0.717, 1.165) is 22.7 Å². The van der Waals surface area contributed by atoms with Crippen molar-refractivity contribution in [2.45, 2.75) is 33.4 Å². The van der Waals surface area contributed by atoms with Gasteiger partial charge < -0.3 is 15.4 Å². The normalized spacial score (nSPS) is 10.7. The molecule has 0 unspecified atom stereocenters. The average Bonchev–Trinajstić information content (AvgIpc) is 3.06. The Bertz CT molecular complexity index is 918. The molecule has 1 heterocycles. The fraction of sp³-hybridized carbons (Fsp3) is 0.238. The van der Waals surface area contributed by atoms with Crippen molar-refractivity contribution in [2.75, 3.05) is 5.32 Å². The second-order valence-corrected chi connectivity index (χ2v) is 6.56. The Morgan fingerprint density at radius 2 is 1.96 bits per heavy atom. The van der Waals surface area contributed by atoms with Gasteiger partial charge in [-0.05, 0) is 62.7 Å². The minimum Gasteiger partial charge on any atom is -0.491 e. The second kappa shape index (κ2) is 8.40. The number of aryl methyl sites for hydroxylation is 1. The zero-order valence-corrected chi connectivity index (χ0v) is 15.8. The first-order valence-corrected chi connectivity index (χ1v) is 8.93. The van der Waals surface area contributed by atoms with Crippen LogP contribution in [0.1, 0.15) is 25.1 Å². The third kappa shape index (κ3) is 5.10. The van der Waals surface area contributed by atoms with E-state index in [4.69, 9.17) is 4.74 Å². The lowest BCUT2D eigenvalue weighted by Crippen LogP contribution is -2.28. The number of urea groups is 1. The number of anilines is 1. The Hall–Kier alpha value is -3.28. The van der Waals surface area contributed by atoms with Crippen LogP contribution in [0, 0.1) is 6.92 Å². The summed E-state index contributed by atoms with van der Waals surface area (Å²) < 4.78 is 7.50. The number of benzene rings is 2. The average molecular weight is 364 g/mol. The Labute approximate surface area is 159 Å². The summed E-state index contributed by atoms with van der Waals surface area (Å²) in [5, 5.41) is 10.0. The zero-order chi connectivity index (χ0) is 19.2. The maximum Gasteiger partial charge on any atom is 0.319 e. The summed E-state index contributed by atoms with van der Waals surface area (Å²) >= 11 is 0. The van der Waals surface area contributed by atoms with Crippen LogP contribution >= 0.6 is 0 Å². The molecule has 0 atom stereocenters. The number of amides is 2. The highest BCUT2D eigenvalue weighted by Crippen LogP contribution is 2.16. The van der Waals surface area contributed by atoms with Gasteiger partial charge in [-0.25, -0.2) is 9.48 Å². The molecule has 0 fully saturated rings. The topological polar surface area (TPSA) is 68.2 Å². The van der Waals surface area contributed by atoms with Crippen molar-refractivity contribution >= 4 is 11.7 Å². The van der Waals surface area contributed by atoms with E-state index >= 15 is 0 Å². The van der Waals surface area contributed by atoms with Crippen molar-refractivity contribution in [1.29, 1.82) is 0 Å². The number of hydrogen-bond acceptors (Lipinski definition) is 3. The van der Waals surface area contributed by atoms with E-state index in [1.807, 2.05) is 80.1 Å². The lowest BCUT2D eigenvalue weighted by atomic mass is 10.2. The molecule has 6 heteroatoms. The molecule has 2 amide bonds. The summed E-state index contributed by atoms with van der Waals surface area (Å²) in [6.45, 7) is 6.37. The van der Waals surface area contributed by atoms with Crippen molar-refractivity contribution in [3.63, 3.8) is 0 Å². The van der Waals surface area contributed by atoms with Crippen molar-refractivity contribution < 1.29 is 9.53 Å². The van der Waals surface area contributed by atoms with E-state index in [9.17, 15) is 4.79 Å². The van der Waals surface area contributed by atoms with Crippen LogP contribution in [0.5, 0.6) is 5.75 Å². The van der Waals surface area contributed by atoms with Crippen LogP contribution in [0.2, 0.25) is 0 Å². The van der Waals surface area contributed by atoms with Gasteiger partial charge in [0.05, 0.1) is 11.8 Å². The molecule has 2 N–H and O–H groups in total. The summed E-state index contributed by atoms with van der Waals surface area (Å²) in [5.41, 5.74) is 3.61. The number of nitrogens with one attached hydrogen (secondary N) is 2. The molecule has 0 bridgehead atoms. The van der Waals surface area contributed by atoms with E-state index in [0.29, 0.717) is 12.2 Å². The summed E-state index contributed by atoms with van der Waals surface area (Å²) in [6.07, 6.45) is 1.86. The van der Waals surface area contributed by atoms with Crippen LogP contribution < -0.4 is 15.4 Å². The zero-order valence-electron chi connectivity index (χ0n) is 15.8. The number of carbonyl (C=O) groups excluding carboxylic acids is 1. The molecule has 3 rings (SSSR count). The van der Waals surface area contributed by atoms with Gasteiger partial charge in [0.2, 0.25) is 0 Å². The largest absolute Gasteiger partial charge is 0.491 e. The molecule has 0 saturated heterocycles. The predicted molar refractivity (Wildman–Crippen MR) is 106 cm³/mol. The van der Waals surface area contributed by atoms with Crippen molar-refractivity contribution in [3.8, 4) is 11.4 Å². The van der Waals surface area contributed by atoms with Crippen LogP contribution in [-0.2, 0) is 6.54 Å². The van der Waals surface area contributed by atoms with Crippen LogP contribution in [0.25, 0.3) is 5.69 Å². The number of aromatic nitrogens is 2. The van der Waals surface area contributed by atoms with Crippen molar-refractivity contribution in [2.24, 2.45) is 0 Å². The molecule has 0 aliphatic heterocycles. The van der Waals surface area contributed by atoms with Crippen LogP contribution in [0.4, 0.5) is 10.5 Å². The summed E-state index contributed by atoms with van der Waals surface area (Å²) in [4.78, 5) is 12.2. The molecule has 27 heavy (non-hydrogen) atoms. The Balaban J connectivity index is 1.59. The molecule has 0 saturated carbocycles. The number of rotatable bonds is 6. The van der Waals surface area contributed by atoms with Crippen LogP contribution in [0.15, 0.2) is 60.8 Å². The minimum atomic E-state index is -0.264. The number of hydrogen-bond donors (Lipinski definition) is 2. The first kappa shape index (κ1) is 18.5. The van der Waals surface area contributed by atoms with Crippen LogP contribution in [0.3, 0.4) is 0 Å². The van der Waals surface area contributed by atoms with Gasteiger partial charge in [0, 0.05) is 24.1 Å². The van der Waals surface area contributed by atoms with E-state index < -0.39 is 0 Å². The van der Waals surface area contributed by atoms with Crippen molar-refractivity contribution in [1.82, 2.24) is 15.1 Å². The fourth-order valence-corrected chi connectivity index (χ4v) is 2.71. The Morgan fingerprint density at radius 1 is 1.15 bits per heavy atom. The third-order valence-corrected chi connectivity index (χ3v) is 3.90. The van der Waals surface area contributed by atoms with Crippen molar-refractivity contribution in [3.05, 3.63) is 72.1 Å². The maximum atomic E-state index is 12.2. The number of ether oxygens (including phenoxy) is 1. The highest BCUT2D eigenvalue weighted by Gasteiger charge is 2.06. The molecule has 1 aromatic heterocycles. The molecule has 0 aliphatic rings. The lowest BCUT2D eigenvalue weighted by Gasteiger charge is -2.12. The second-order valence-electron chi connectivity index (χ2n) is 6.56. The van der Waals surface area contributed by atoms with Gasteiger partial charge >= 0.3 is 6.03 Å². The molecule has 3 aromatic rings. The van der Waals surface area contributed by atoms with Gasteiger partial charge in [0.1, 0.15) is 5.75 Å². The van der Waals surface area contributed by atoms with Gasteiger partial charge in [0.15, 0.2) is 0 Å². The minimum absolute atomic E-state index is 0.113. The van der Waals surface area contributed by atoms with Crippen LogP contribution in [-0.4, -0.2) is 21.9 Å². The molecule has 140 valence electrons. The molecule has 0 spiro atoms. The van der Waals surface area contributed by atoms with Gasteiger partial charge in [-0.2, -0.15) is 5.10 Å². The van der Waals surface area contributed by atoms with Gasteiger partial charge in [-0.15, -0.1) is 0 Å². The first-order valence-electron chi connectivity index (χ1n) is 8.93. The Kier molecular flexibility index (Phi) is 5.76. The lowest BCUT2D eigenvalue weighted by molar-refractivity contribution is 0.242. The SMILES string of the molecule is Cc1ccnn1-c1cccc(NC(=O)NCc2cccc(OC(C)C)c2)c1. The third-order valence-electron chi connectivity index (χ3n) is 3.90. The molecule has 0 radical (unpaired) electrons. The number of carbonyl (C=O) groups is 1. The monoisotopic (exact) mass is 364 g/mol. The molecular formula is C21H24N4O2. The van der Waals surface area contributed by atoms with E-state index in [1.165, 1.54) is 0 Å². The van der Waals surface area contributed by atoms with Gasteiger partial charge in [-0.3, -0.25) is 0 Å². The molecule has 6 nitrogen and oxygen atoms in total. The van der Waals surface area contributed by atoms with Gasteiger partial charge in [0.25, 0.3) is 0 Å². The molecular weight excluding hydrogens is 340 g/mol. The summed E-state index contributed by atoms with van der Waals surface area (Å²) in [5.74, 6) is 0.798. The van der Waals surface area contributed by atoms with E-state index in [2.05, 4.69) is 15.7 Å². The highest BCUT2D eigenvalue weighted by atomic mass is 16.5. The summed E-state index contributed by atoms with van der Waals surface area (Å²) in [6, 6.07) is 17.0. The molecule has 2 aromatic carbocycles. The maximum absolute atomic E-state index is 12.2. The molecule has 0 aliphatic carbocycles. The number of nitrogens with zero attached hydrogens (tertiary/aromatic N) is 2. The van der Waals surface area contributed by atoms with E-state index in [-0.39, 0.29) is 12.1 Å². The quantitative estimate of drug-likeness (QED) is 0.686. The fourth-order valence-electron chi connectivity index (χ4n) is 2.71. The smallest absolute Gasteiger partial charge is 0.319 e.